The fraction of sp³-hybridized carbons (Fsp3) is 0.0667. The maximum atomic E-state index is 8.06. The Balaban J connectivity index is 1.23. The van der Waals surface area contributed by atoms with E-state index in [1.54, 1.807) is 0 Å². The van der Waals surface area contributed by atoms with Gasteiger partial charge in [0.05, 0.1) is 1.37 Å². The van der Waals surface area contributed by atoms with E-state index in [0.29, 0.717) is 12.0 Å². The second kappa shape index (κ2) is 10.7. The first-order chi connectivity index (χ1) is 23.0. The highest BCUT2D eigenvalue weighted by molar-refractivity contribution is 7.26. The van der Waals surface area contributed by atoms with Gasteiger partial charge in [-0.15, -0.1) is 11.3 Å². The second-order valence-electron chi connectivity index (χ2n) is 12.6. The summed E-state index contributed by atoms with van der Waals surface area (Å²) >= 11 is 1.92. The van der Waals surface area contributed by atoms with Crippen molar-refractivity contribution >= 4 is 63.8 Å². The van der Waals surface area contributed by atoms with Crippen molar-refractivity contribution in [2.45, 2.75) is 19.8 Å². The standard InChI is InChI=1S/C45H32S/c1-28(2)40-26-34(27-41-35-13-9-10-18-42(35)46-45(40)41)30-19-22-31(23-20-30)43-36-14-5-7-16-38(36)44(39-17-8-6-15-37(39)43)33-24-21-29-11-3-4-12-32(29)25-33/h3-28H,1-2H3/i3D. The molecule has 0 atom stereocenters. The summed E-state index contributed by atoms with van der Waals surface area (Å²) in [5.74, 6) is 0.443. The Morgan fingerprint density at radius 2 is 1.04 bits per heavy atom. The van der Waals surface area contributed by atoms with Crippen LogP contribution >= 0.6 is 11.3 Å². The van der Waals surface area contributed by atoms with Gasteiger partial charge in [0.25, 0.3) is 0 Å². The summed E-state index contributed by atoms with van der Waals surface area (Å²) in [6, 6.07) is 53.5. The molecule has 0 unspecified atom stereocenters. The molecule has 1 heteroatoms. The largest absolute Gasteiger partial charge is 0.135 e. The molecular weight excluding hydrogens is 573 g/mol. The number of rotatable bonds is 4. The number of benzene rings is 8. The van der Waals surface area contributed by atoms with Crippen molar-refractivity contribution in [1.29, 1.82) is 0 Å². The lowest BCUT2D eigenvalue weighted by molar-refractivity contribution is 0.878. The highest BCUT2D eigenvalue weighted by Crippen LogP contribution is 2.45. The summed E-state index contributed by atoms with van der Waals surface area (Å²) < 4.78 is 10.8. The molecule has 0 fully saturated rings. The maximum Gasteiger partial charge on any atom is 0.0623 e. The van der Waals surface area contributed by atoms with E-state index in [0.717, 1.165) is 10.8 Å². The minimum atomic E-state index is 0.443. The lowest BCUT2D eigenvalue weighted by Crippen LogP contribution is -1.91. The molecule has 0 radical (unpaired) electrons. The van der Waals surface area contributed by atoms with Crippen molar-refractivity contribution in [2.75, 3.05) is 0 Å². The van der Waals surface area contributed by atoms with Crippen LogP contribution in [0.2, 0.25) is 0 Å². The molecule has 0 aliphatic heterocycles. The van der Waals surface area contributed by atoms with Crippen LogP contribution in [0.4, 0.5) is 0 Å². The van der Waals surface area contributed by atoms with Gasteiger partial charge < -0.3 is 0 Å². The predicted molar refractivity (Wildman–Crippen MR) is 202 cm³/mol. The normalized spacial score (nSPS) is 12.2. The van der Waals surface area contributed by atoms with Crippen LogP contribution in [0.15, 0.2) is 152 Å². The molecule has 9 aromatic rings. The summed E-state index contributed by atoms with van der Waals surface area (Å²) in [4.78, 5) is 0. The Hall–Kier alpha value is -5.24. The molecule has 0 aliphatic carbocycles. The van der Waals surface area contributed by atoms with Gasteiger partial charge in [0, 0.05) is 20.2 Å². The van der Waals surface area contributed by atoms with Gasteiger partial charge >= 0.3 is 0 Å². The van der Waals surface area contributed by atoms with Crippen molar-refractivity contribution in [1.82, 2.24) is 0 Å². The number of fused-ring (bicyclic) bond motifs is 6. The SMILES string of the molecule is [2H]c1ccc2cc(-c3c4ccccc4c(-c4ccc(-c5cc(C(C)C)c6sc7ccccc7c6c5)cc4)c4ccccc34)ccc2c1. The van der Waals surface area contributed by atoms with Gasteiger partial charge in [-0.05, 0) is 101 Å². The zero-order valence-electron chi connectivity index (χ0n) is 26.8. The number of thiophene rings is 1. The molecule has 0 saturated carbocycles. The highest BCUT2D eigenvalue weighted by atomic mass is 32.1. The predicted octanol–water partition coefficient (Wildman–Crippen LogP) is 13.6. The van der Waals surface area contributed by atoms with E-state index in [4.69, 9.17) is 1.37 Å². The zero-order chi connectivity index (χ0) is 31.6. The summed E-state index contributed by atoms with van der Waals surface area (Å²) in [6.07, 6.45) is 0. The van der Waals surface area contributed by atoms with Gasteiger partial charge in [-0.2, -0.15) is 0 Å². The average molecular weight is 606 g/mol. The third-order valence-corrected chi connectivity index (χ3v) is 10.8. The smallest absolute Gasteiger partial charge is 0.0623 e. The molecule has 0 saturated heterocycles. The molecule has 0 bridgehead atoms. The molecule has 0 aliphatic rings. The van der Waals surface area contributed by atoms with Gasteiger partial charge in [0.1, 0.15) is 0 Å². The third-order valence-electron chi connectivity index (χ3n) is 9.54. The first-order valence-electron chi connectivity index (χ1n) is 16.5. The number of hydrogen-bond donors (Lipinski definition) is 0. The van der Waals surface area contributed by atoms with Crippen LogP contribution in [0.5, 0.6) is 0 Å². The quantitative estimate of drug-likeness (QED) is 0.175. The molecule has 0 nitrogen and oxygen atoms in total. The molecule has 1 heterocycles. The van der Waals surface area contributed by atoms with E-state index in [-0.39, 0.29) is 0 Å². The Morgan fingerprint density at radius 3 is 1.72 bits per heavy atom. The average Bonchev–Trinajstić information content (AvgIpc) is 3.48. The maximum absolute atomic E-state index is 8.06. The lowest BCUT2D eigenvalue weighted by Gasteiger charge is -2.18. The lowest BCUT2D eigenvalue weighted by atomic mass is 9.85. The molecule has 9 rings (SSSR count). The molecule has 8 aromatic carbocycles. The first-order valence-corrected chi connectivity index (χ1v) is 16.9. The summed E-state index contributed by atoms with van der Waals surface area (Å²) in [7, 11) is 0. The zero-order valence-corrected chi connectivity index (χ0v) is 26.7. The Kier molecular flexibility index (Phi) is 6.05. The summed E-state index contributed by atoms with van der Waals surface area (Å²) in [6.45, 7) is 4.61. The van der Waals surface area contributed by atoms with Gasteiger partial charge in [0.2, 0.25) is 0 Å². The topological polar surface area (TPSA) is 0 Å². The molecule has 0 amide bonds. The Bertz CT molecular complexity index is 2600. The highest BCUT2D eigenvalue weighted by Gasteiger charge is 2.18. The van der Waals surface area contributed by atoms with Crippen LogP contribution in [0.1, 0.15) is 26.7 Å². The molecule has 46 heavy (non-hydrogen) atoms. The molecule has 218 valence electrons. The van der Waals surface area contributed by atoms with Crippen LogP contribution in [0.25, 0.3) is 85.9 Å². The fourth-order valence-corrected chi connectivity index (χ4v) is 8.66. The third kappa shape index (κ3) is 4.27. The van der Waals surface area contributed by atoms with Crippen LogP contribution < -0.4 is 0 Å². The van der Waals surface area contributed by atoms with Crippen LogP contribution in [-0.4, -0.2) is 0 Å². The molecular formula is C45H32S. The molecule has 0 N–H and O–H groups in total. The molecule has 0 spiro atoms. The Labute approximate surface area is 274 Å². The monoisotopic (exact) mass is 605 g/mol. The van der Waals surface area contributed by atoms with Crippen molar-refractivity contribution in [2.24, 2.45) is 0 Å². The van der Waals surface area contributed by atoms with E-state index in [1.165, 1.54) is 80.7 Å². The van der Waals surface area contributed by atoms with E-state index in [1.807, 2.05) is 23.5 Å². The fourth-order valence-electron chi connectivity index (χ4n) is 7.31. The van der Waals surface area contributed by atoms with E-state index in [2.05, 4.69) is 147 Å². The van der Waals surface area contributed by atoms with Crippen molar-refractivity contribution in [3.63, 3.8) is 0 Å². The molecule has 1 aromatic heterocycles. The van der Waals surface area contributed by atoms with Crippen molar-refractivity contribution < 1.29 is 1.37 Å². The van der Waals surface area contributed by atoms with E-state index in [9.17, 15) is 0 Å². The minimum absolute atomic E-state index is 0.443. The second-order valence-corrected chi connectivity index (χ2v) is 13.7. The van der Waals surface area contributed by atoms with Crippen LogP contribution in [0.3, 0.4) is 0 Å². The van der Waals surface area contributed by atoms with Crippen molar-refractivity contribution in [3.8, 4) is 33.4 Å². The van der Waals surface area contributed by atoms with Gasteiger partial charge in [-0.3, -0.25) is 0 Å². The van der Waals surface area contributed by atoms with Gasteiger partial charge in [0.15, 0.2) is 0 Å². The summed E-state index contributed by atoms with van der Waals surface area (Å²) in [5.41, 5.74) is 8.88. The van der Waals surface area contributed by atoms with Gasteiger partial charge in [-0.25, -0.2) is 0 Å². The number of hydrogen-bond acceptors (Lipinski definition) is 1. The van der Waals surface area contributed by atoms with E-state index >= 15 is 0 Å². The van der Waals surface area contributed by atoms with Crippen molar-refractivity contribution in [3.05, 3.63) is 157 Å². The Morgan fingerprint density at radius 1 is 0.457 bits per heavy atom. The van der Waals surface area contributed by atoms with E-state index < -0.39 is 0 Å². The summed E-state index contributed by atoms with van der Waals surface area (Å²) in [5, 5.41) is 9.96. The van der Waals surface area contributed by atoms with Crippen LogP contribution in [0, 0.1) is 0 Å². The minimum Gasteiger partial charge on any atom is -0.135 e. The first kappa shape index (κ1) is 26.0. The van der Waals surface area contributed by atoms with Gasteiger partial charge in [-0.1, -0.05) is 141 Å². The van der Waals surface area contributed by atoms with Crippen LogP contribution in [-0.2, 0) is 0 Å².